The largest absolute Gasteiger partial charge is 0.494 e. The van der Waals surface area contributed by atoms with Gasteiger partial charge in [0.1, 0.15) is 11.5 Å². The molecule has 2 aliphatic rings. The quantitative estimate of drug-likeness (QED) is 0.876. The van der Waals surface area contributed by atoms with Crippen LogP contribution < -0.4 is 14.9 Å². The zero-order chi connectivity index (χ0) is 16.2. The van der Waals surface area contributed by atoms with Crippen molar-refractivity contribution in [3.63, 3.8) is 0 Å². The van der Waals surface area contributed by atoms with Crippen LogP contribution in [0.1, 0.15) is 38.8 Å². The van der Waals surface area contributed by atoms with Crippen molar-refractivity contribution in [3.05, 3.63) is 23.8 Å². The van der Waals surface area contributed by atoms with Gasteiger partial charge in [0.15, 0.2) is 0 Å². The Hall–Kier alpha value is -1.75. The standard InChI is InChI=1S/C18H27N3O2/c1-4-21-10-9-16-15(12-21)18(20-19-16)14-8-7-13(22-5-2)11-17(14)23-6-3/h7-8,11,15,18,20H,4-6,9-10,12H2,1-3H3. The SMILES string of the molecule is CCOc1ccc(C2NN=C3CCN(CC)CC32)c(OCC)c1. The number of hydrazone groups is 1. The molecular formula is C18H27N3O2. The Morgan fingerprint density at radius 2 is 2.04 bits per heavy atom. The molecule has 23 heavy (non-hydrogen) atoms. The number of ether oxygens (including phenoxy) is 2. The van der Waals surface area contributed by atoms with E-state index in [-0.39, 0.29) is 6.04 Å². The lowest BCUT2D eigenvalue weighted by Crippen LogP contribution is -2.41. The van der Waals surface area contributed by atoms with Crippen LogP contribution in [0.2, 0.25) is 0 Å². The van der Waals surface area contributed by atoms with E-state index in [4.69, 9.17) is 9.47 Å². The van der Waals surface area contributed by atoms with Crippen molar-refractivity contribution in [2.75, 3.05) is 32.8 Å². The highest BCUT2D eigenvalue weighted by Crippen LogP contribution is 2.38. The molecule has 2 heterocycles. The van der Waals surface area contributed by atoms with E-state index >= 15 is 0 Å². The second-order valence-electron chi connectivity index (χ2n) is 6.03. The predicted octanol–water partition coefficient (Wildman–Crippen LogP) is 2.83. The van der Waals surface area contributed by atoms with Gasteiger partial charge in [-0.3, -0.25) is 0 Å². The Labute approximate surface area is 138 Å². The van der Waals surface area contributed by atoms with Crippen LogP contribution in [0.5, 0.6) is 11.5 Å². The first-order chi connectivity index (χ1) is 11.3. The molecular weight excluding hydrogens is 290 g/mol. The summed E-state index contributed by atoms with van der Waals surface area (Å²) in [4.78, 5) is 2.50. The maximum atomic E-state index is 5.88. The van der Waals surface area contributed by atoms with Gasteiger partial charge >= 0.3 is 0 Å². The molecule has 2 unspecified atom stereocenters. The van der Waals surface area contributed by atoms with Gasteiger partial charge in [0, 0.05) is 42.8 Å². The van der Waals surface area contributed by atoms with Crippen LogP contribution in [-0.2, 0) is 0 Å². The summed E-state index contributed by atoms with van der Waals surface area (Å²) in [7, 11) is 0. The third-order valence-corrected chi connectivity index (χ3v) is 4.69. The lowest BCUT2D eigenvalue weighted by atomic mass is 9.86. The molecule has 126 valence electrons. The Balaban J connectivity index is 1.85. The Morgan fingerprint density at radius 3 is 2.78 bits per heavy atom. The van der Waals surface area contributed by atoms with Crippen LogP contribution >= 0.6 is 0 Å². The summed E-state index contributed by atoms with van der Waals surface area (Å²) in [5, 5.41) is 4.60. The number of fused-ring (bicyclic) bond motifs is 1. The number of benzene rings is 1. The lowest BCUT2D eigenvalue weighted by molar-refractivity contribution is 0.236. The maximum absolute atomic E-state index is 5.88. The van der Waals surface area contributed by atoms with E-state index in [1.165, 1.54) is 11.3 Å². The van der Waals surface area contributed by atoms with E-state index in [2.05, 4.69) is 28.4 Å². The molecule has 0 radical (unpaired) electrons. The van der Waals surface area contributed by atoms with Crippen LogP contribution in [-0.4, -0.2) is 43.5 Å². The normalized spacial score (nSPS) is 23.9. The molecule has 5 heteroatoms. The van der Waals surface area contributed by atoms with Crippen molar-refractivity contribution in [1.82, 2.24) is 10.3 Å². The highest BCUT2D eigenvalue weighted by atomic mass is 16.5. The molecule has 0 amide bonds. The second-order valence-corrected chi connectivity index (χ2v) is 6.03. The van der Waals surface area contributed by atoms with Crippen molar-refractivity contribution >= 4 is 5.71 Å². The molecule has 1 fully saturated rings. The zero-order valence-corrected chi connectivity index (χ0v) is 14.3. The molecule has 1 saturated heterocycles. The summed E-state index contributed by atoms with van der Waals surface area (Å²) in [5.41, 5.74) is 5.83. The van der Waals surface area contributed by atoms with Gasteiger partial charge in [-0.1, -0.05) is 6.92 Å². The summed E-state index contributed by atoms with van der Waals surface area (Å²) >= 11 is 0. The summed E-state index contributed by atoms with van der Waals surface area (Å²) in [6.45, 7) is 10.8. The molecule has 2 atom stereocenters. The minimum absolute atomic E-state index is 0.191. The maximum Gasteiger partial charge on any atom is 0.128 e. The number of hydrogen-bond acceptors (Lipinski definition) is 5. The summed E-state index contributed by atoms with van der Waals surface area (Å²) < 4.78 is 11.5. The van der Waals surface area contributed by atoms with Crippen molar-refractivity contribution in [2.24, 2.45) is 11.0 Å². The first-order valence-electron chi connectivity index (χ1n) is 8.70. The van der Waals surface area contributed by atoms with Gasteiger partial charge in [-0.25, -0.2) is 0 Å². The summed E-state index contributed by atoms with van der Waals surface area (Å²) in [6.07, 6.45) is 1.06. The molecule has 0 aromatic heterocycles. The summed E-state index contributed by atoms with van der Waals surface area (Å²) in [5.74, 6) is 2.19. The minimum atomic E-state index is 0.191. The monoisotopic (exact) mass is 317 g/mol. The first kappa shape index (κ1) is 16.1. The average molecular weight is 317 g/mol. The molecule has 1 aromatic rings. The van der Waals surface area contributed by atoms with Crippen molar-refractivity contribution in [3.8, 4) is 11.5 Å². The van der Waals surface area contributed by atoms with Crippen LogP contribution in [0.3, 0.4) is 0 Å². The second kappa shape index (κ2) is 7.21. The van der Waals surface area contributed by atoms with Gasteiger partial charge in [-0.05, 0) is 32.5 Å². The van der Waals surface area contributed by atoms with Gasteiger partial charge in [-0.2, -0.15) is 5.10 Å². The molecule has 0 spiro atoms. The van der Waals surface area contributed by atoms with Gasteiger partial charge in [-0.15, -0.1) is 0 Å². The number of nitrogens with one attached hydrogen (secondary N) is 1. The van der Waals surface area contributed by atoms with Crippen LogP contribution in [0.4, 0.5) is 0 Å². The van der Waals surface area contributed by atoms with E-state index in [9.17, 15) is 0 Å². The highest BCUT2D eigenvalue weighted by Gasteiger charge is 2.37. The van der Waals surface area contributed by atoms with Gasteiger partial charge in [0.2, 0.25) is 0 Å². The minimum Gasteiger partial charge on any atom is -0.494 e. The van der Waals surface area contributed by atoms with E-state index in [0.717, 1.165) is 37.6 Å². The fourth-order valence-corrected chi connectivity index (χ4v) is 3.49. The molecule has 1 N–H and O–H groups in total. The van der Waals surface area contributed by atoms with Gasteiger partial charge in [0.05, 0.1) is 19.3 Å². The topological polar surface area (TPSA) is 46.1 Å². The van der Waals surface area contributed by atoms with E-state index in [1.807, 2.05) is 26.0 Å². The van der Waals surface area contributed by atoms with Crippen LogP contribution in [0.25, 0.3) is 0 Å². The van der Waals surface area contributed by atoms with Crippen LogP contribution in [0.15, 0.2) is 23.3 Å². The van der Waals surface area contributed by atoms with Crippen molar-refractivity contribution in [1.29, 1.82) is 0 Å². The van der Waals surface area contributed by atoms with Crippen LogP contribution in [0, 0.1) is 5.92 Å². The van der Waals surface area contributed by atoms with Crippen molar-refractivity contribution < 1.29 is 9.47 Å². The molecule has 0 saturated carbocycles. The fourth-order valence-electron chi connectivity index (χ4n) is 3.49. The molecule has 0 aliphatic carbocycles. The third kappa shape index (κ3) is 3.29. The van der Waals surface area contributed by atoms with Crippen molar-refractivity contribution in [2.45, 2.75) is 33.2 Å². The Kier molecular flexibility index (Phi) is 5.06. The van der Waals surface area contributed by atoms with Gasteiger partial charge < -0.3 is 19.8 Å². The average Bonchev–Trinajstić information content (AvgIpc) is 2.98. The molecule has 3 rings (SSSR count). The highest BCUT2D eigenvalue weighted by molar-refractivity contribution is 5.90. The fraction of sp³-hybridized carbons (Fsp3) is 0.611. The number of rotatable bonds is 6. The van der Waals surface area contributed by atoms with E-state index in [0.29, 0.717) is 19.1 Å². The van der Waals surface area contributed by atoms with E-state index < -0.39 is 0 Å². The predicted molar refractivity (Wildman–Crippen MR) is 92.3 cm³/mol. The third-order valence-electron chi connectivity index (χ3n) is 4.69. The Bertz CT molecular complexity index is 573. The smallest absolute Gasteiger partial charge is 0.128 e. The number of piperidine rings is 1. The first-order valence-corrected chi connectivity index (χ1v) is 8.70. The number of likely N-dealkylation sites (tertiary alicyclic amines) is 1. The molecule has 0 bridgehead atoms. The molecule has 2 aliphatic heterocycles. The lowest BCUT2D eigenvalue weighted by Gasteiger charge is -2.33. The number of hydrogen-bond donors (Lipinski definition) is 1. The Morgan fingerprint density at radius 1 is 1.22 bits per heavy atom. The summed E-state index contributed by atoms with van der Waals surface area (Å²) in [6, 6.07) is 6.34. The van der Waals surface area contributed by atoms with Gasteiger partial charge in [0.25, 0.3) is 0 Å². The molecule has 1 aromatic carbocycles. The molecule has 5 nitrogen and oxygen atoms in total. The number of nitrogens with zero attached hydrogens (tertiary/aromatic N) is 2. The van der Waals surface area contributed by atoms with E-state index in [1.54, 1.807) is 0 Å². The zero-order valence-electron chi connectivity index (χ0n) is 14.3.